The van der Waals surface area contributed by atoms with Gasteiger partial charge in [-0.1, -0.05) is 73.3 Å². The summed E-state index contributed by atoms with van der Waals surface area (Å²) in [6.07, 6.45) is 4.36. The highest BCUT2D eigenvalue weighted by Crippen LogP contribution is 2.30. The van der Waals surface area contributed by atoms with Crippen LogP contribution in [0.15, 0.2) is 54.6 Å². The molecule has 2 fully saturated rings. The van der Waals surface area contributed by atoms with Crippen molar-refractivity contribution < 1.29 is 33.8 Å². The molecule has 0 radical (unpaired) electrons. The van der Waals surface area contributed by atoms with E-state index in [1.807, 2.05) is 57.2 Å². The van der Waals surface area contributed by atoms with Gasteiger partial charge in [-0.15, -0.1) is 0 Å². The molecule has 0 spiro atoms. The first kappa shape index (κ1) is 38.0. The van der Waals surface area contributed by atoms with E-state index in [-0.39, 0.29) is 63.4 Å². The summed E-state index contributed by atoms with van der Waals surface area (Å²) in [5, 5.41) is 16.0. The van der Waals surface area contributed by atoms with Crippen molar-refractivity contribution >= 4 is 35.6 Å². The highest BCUT2D eigenvalue weighted by atomic mass is 35.5. The van der Waals surface area contributed by atoms with Crippen molar-refractivity contribution in [1.82, 2.24) is 20.4 Å². The minimum absolute atomic E-state index is 0.0150. The van der Waals surface area contributed by atoms with E-state index >= 15 is 0 Å². The molecule has 1 heterocycles. The highest BCUT2D eigenvalue weighted by molar-refractivity contribution is 6.30. The minimum atomic E-state index is -0.883. The SMILES string of the molecule is CC(C)(C)OC(=O)N1CCN(C(=O)C(CCCO)NC(=O)CC(NC(=O)OCc2cccc(Cl)c2)C2CCCCC2)CC1c1ccccc1. The van der Waals surface area contributed by atoms with Crippen LogP contribution < -0.4 is 10.6 Å². The molecule has 268 valence electrons. The van der Waals surface area contributed by atoms with Gasteiger partial charge in [0.2, 0.25) is 11.8 Å². The smallest absolute Gasteiger partial charge is 0.410 e. The van der Waals surface area contributed by atoms with Crippen LogP contribution in [-0.4, -0.2) is 82.8 Å². The summed E-state index contributed by atoms with van der Waals surface area (Å²) in [4.78, 5) is 57.0. The van der Waals surface area contributed by atoms with Gasteiger partial charge in [0.25, 0.3) is 0 Å². The van der Waals surface area contributed by atoms with Crippen LogP contribution in [0.25, 0.3) is 0 Å². The molecule has 1 saturated carbocycles. The maximum atomic E-state index is 14.0. The predicted octanol–water partition coefficient (Wildman–Crippen LogP) is 5.98. The number of ether oxygens (including phenoxy) is 2. The molecule has 4 rings (SSSR count). The molecule has 4 amide bonds. The van der Waals surface area contributed by atoms with Gasteiger partial charge in [0.1, 0.15) is 18.2 Å². The summed E-state index contributed by atoms with van der Waals surface area (Å²) in [7, 11) is 0. The van der Waals surface area contributed by atoms with Gasteiger partial charge in [-0.05, 0) is 75.6 Å². The number of hydrogen-bond donors (Lipinski definition) is 3. The molecule has 1 aliphatic heterocycles. The van der Waals surface area contributed by atoms with E-state index < -0.39 is 35.9 Å². The standard InChI is InChI=1S/C37H51ClN4O7/c1-37(2,3)49-36(47)42-20-19-41(24-32(42)28-15-8-5-9-16-28)34(45)30(18-11-21-43)39-33(44)23-31(27-13-6-4-7-14-27)40-35(46)48-25-26-12-10-17-29(38)22-26/h5,8-10,12,15-17,22,27,30-32,43H,4,6-7,11,13-14,18-21,23-25H2,1-3H3,(H,39,44)(H,40,46). The minimum Gasteiger partial charge on any atom is -0.445 e. The number of nitrogens with one attached hydrogen (secondary N) is 2. The fraction of sp³-hybridized carbons (Fsp3) is 0.568. The number of aliphatic hydroxyl groups excluding tert-OH is 1. The summed E-state index contributed by atoms with van der Waals surface area (Å²) in [6, 6.07) is 14.8. The molecule has 2 aromatic carbocycles. The third-order valence-corrected chi connectivity index (χ3v) is 9.21. The van der Waals surface area contributed by atoms with Crippen molar-refractivity contribution in [1.29, 1.82) is 0 Å². The fourth-order valence-electron chi connectivity index (χ4n) is 6.55. The molecular formula is C37H51ClN4O7. The van der Waals surface area contributed by atoms with Gasteiger partial charge in [0.15, 0.2) is 0 Å². The van der Waals surface area contributed by atoms with Crippen molar-refractivity contribution in [2.24, 2.45) is 5.92 Å². The van der Waals surface area contributed by atoms with Crippen LogP contribution in [-0.2, 0) is 25.7 Å². The lowest BCUT2D eigenvalue weighted by molar-refractivity contribution is -0.139. The lowest BCUT2D eigenvalue weighted by Crippen LogP contribution is -2.57. The molecule has 0 bridgehead atoms. The molecule has 12 heteroatoms. The number of carbonyl (C=O) groups is 4. The average Bonchev–Trinajstić information content (AvgIpc) is 3.08. The third-order valence-electron chi connectivity index (χ3n) is 8.97. The number of benzene rings is 2. The molecule has 3 N–H and O–H groups in total. The fourth-order valence-corrected chi connectivity index (χ4v) is 6.76. The lowest BCUT2D eigenvalue weighted by Gasteiger charge is -2.42. The summed E-state index contributed by atoms with van der Waals surface area (Å²) in [5.41, 5.74) is 0.939. The van der Waals surface area contributed by atoms with Gasteiger partial charge in [-0.25, -0.2) is 9.59 Å². The Labute approximate surface area is 294 Å². The Kier molecular flexibility index (Phi) is 14.1. The molecule has 1 aliphatic carbocycles. The Bertz CT molecular complexity index is 1400. The summed E-state index contributed by atoms with van der Waals surface area (Å²) in [6.45, 7) is 6.09. The second-order valence-electron chi connectivity index (χ2n) is 13.9. The predicted molar refractivity (Wildman–Crippen MR) is 187 cm³/mol. The van der Waals surface area contributed by atoms with Crippen LogP contribution >= 0.6 is 11.6 Å². The molecule has 11 nitrogen and oxygen atoms in total. The Hall–Kier alpha value is -3.83. The zero-order valence-electron chi connectivity index (χ0n) is 28.9. The normalized spacial score (nSPS) is 18.3. The number of rotatable bonds is 12. The molecule has 0 aromatic heterocycles. The maximum absolute atomic E-state index is 14.0. The zero-order valence-corrected chi connectivity index (χ0v) is 29.6. The van der Waals surface area contributed by atoms with Crippen LogP contribution in [0, 0.1) is 5.92 Å². The van der Waals surface area contributed by atoms with E-state index in [9.17, 15) is 24.3 Å². The van der Waals surface area contributed by atoms with Crippen molar-refractivity contribution in [2.45, 2.75) is 102 Å². The van der Waals surface area contributed by atoms with E-state index in [1.54, 1.807) is 28.0 Å². The number of nitrogens with zero attached hydrogens (tertiary/aromatic N) is 2. The Morgan fingerprint density at radius 1 is 0.980 bits per heavy atom. The first-order valence-corrected chi connectivity index (χ1v) is 17.7. The largest absolute Gasteiger partial charge is 0.445 e. The number of carbonyl (C=O) groups excluding carboxylic acids is 4. The molecule has 1 saturated heterocycles. The lowest BCUT2D eigenvalue weighted by atomic mass is 9.82. The molecule has 3 unspecified atom stereocenters. The molecule has 2 aromatic rings. The average molecular weight is 699 g/mol. The van der Waals surface area contributed by atoms with Gasteiger partial charge in [0.05, 0.1) is 6.04 Å². The molecule has 3 atom stereocenters. The van der Waals surface area contributed by atoms with Crippen LogP contribution in [0.4, 0.5) is 9.59 Å². The summed E-state index contributed by atoms with van der Waals surface area (Å²) in [5.74, 6) is -0.555. The third kappa shape index (κ3) is 11.9. The number of amides is 4. The molecule has 2 aliphatic rings. The summed E-state index contributed by atoms with van der Waals surface area (Å²) >= 11 is 6.06. The van der Waals surface area contributed by atoms with Crippen molar-refractivity contribution in [3.8, 4) is 0 Å². The Balaban J connectivity index is 1.44. The number of alkyl carbamates (subject to hydrolysis) is 1. The van der Waals surface area contributed by atoms with E-state index in [4.69, 9.17) is 21.1 Å². The van der Waals surface area contributed by atoms with Gasteiger partial charge < -0.3 is 30.1 Å². The van der Waals surface area contributed by atoms with Crippen molar-refractivity contribution in [2.75, 3.05) is 26.2 Å². The van der Waals surface area contributed by atoms with Gasteiger partial charge >= 0.3 is 12.2 Å². The topological polar surface area (TPSA) is 138 Å². The van der Waals surface area contributed by atoms with E-state index in [1.165, 1.54) is 0 Å². The van der Waals surface area contributed by atoms with Crippen molar-refractivity contribution in [3.05, 3.63) is 70.7 Å². The van der Waals surface area contributed by atoms with Gasteiger partial charge in [0, 0.05) is 43.7 Å². The quantitative estimate of drug-likeness (QED) is 0.248. The monoisotopic (exact) mass is 698 g/mol. The molecular weight excluding hydrogens is 648 g/mol. The van der Waals surface area contributed by atoms with E-state index in [0.29, 0.717) is 11.4 Å². The second kappa shape index (κ2) is 18.2. The zero-order chi connectivity index (χ0) is 35.4. The first-order valence-electron chi connectivity index (χ1n) is 17.3. The van der Waals surface area contributed by atoms with Crippen molar-refractivity contribution in [3.63, 3.8) is 0 Å². The summed E-state index contributed by atoms with van der Waals surface area (Å²) < 4.78 is 11.2. The van der Waals surface area contributed by atoms with E-state index in [2.05, 4.69) is 10.6 Å². The Morgan fingerprint density at radius 2 is 1.71 bits per heavy atom. The second-order valence-corrected chi connectivity index (χ2v) is 14.4. The number of hydrogen-bond acceptors (Lipinski definition) is 7. The van der Waals surface area contributed by atoms with Crippen LogP contribution in [0.1, 0.15) is 89.3 Å². The van der Waals surface area contributed by atoms with Crippen LogP contribution in [0.5, 0.6) is 0 Å². The number of aliphatic hydroxyl groups is 1. The van der Waals surface area contributed by atoms with E-state index in [0.717, 1.165) is 43.2 Å². The number of halogens is 1. The highest BCUT2D eigenvalue weighted by Gasteiger charge is 2.38. The van der Waals surface area contributed by atoms with Gasteiger partial charge in [-0.3, -0.25) is 14.5 Å². The number of piperazine rings is 1. The van der Waals surface area contributed by atoms with Crippen LogP contribution in [0.3, 0.4) is 0 Å². The van der Waals surface area contributed by atoms with Crippen LogP contribution in [0.2, 0.25) is 5.02 Å². The molecule has 49 heavy (non-hydrogen) atoms. The Morgan fingerprint density at radius 3 is 2.39 bits per heavy atom. The first-order chi connectivity index (χ1) is 23.4. The maximum Gasteiger partial charge on any atom is 0.410 e. The van der Waals surface area contributed by atoms with Gasteiger partial charge in [-0.2, -0.15) is 0 Å².